The number of hydrogen-bond acceptors (Lipinski definition) is 6. The maximum atomic E-state index is 11.9. The monoisotopic (exact) mass is 638 g/mol. The summed E-state index contributed by atoms with van der Waals surface area (Å²) < 4.78 is 0. The molecule has 48 heavy (non-hydrogen) atoms. The lowest BCUT2D eigenvalue weighted by Crippen LogP contribution is -2.03. The first kappa shape index (κ1) is 29.6. The molecule has 234 valence electrons. The molecule has 2 aromatic carbocycles. The second kappa shape index (κ2) is 11.4. The van der Waals surface area contributed by atoms with Crippen molar-refractivity contribution >= 4 is 70.2 Å². The van der Waals surface area contributed by atoms with E-state index in [9.17, 15) is 39.6 Å². The molecule has 2 aliphatic heterocycles. The fourth-order valence-electron chi connectivity index (χ4n) is 5.72. The minimum atomic E-state index is -1.27. The van der Waals surface area contributed by atoms with Crippen molar-refractivity contribution in [2.45, 2.75) is 0 Å². The third kappa shape index (κ3) is 5.49. The van der Waals surface area contributed by atoms with E-state index < -0.39 is 23.9 Å². The SMILES string of the molecule is O=C(O)c1cc(C(=O)O)cc(-c2c3nc(cc4ccc([nH]4)c(-c4cc(C(=O)O)cc(C(=O)O)c4)c4nc(cc5ccc2[nH]5)C=C4)C=C3)c1. The van der Waals surface area contributed by atoms with Crippen LogP contribution >= 0.6 is 0 Å². The highest BCUT2D eigenvalue weighted by Gasteiger charge is 2.19. The molecule has 8 bridgehead atoms. The summed E-state index contributed by atoms with van der Waals surface area (Å²) in [7, 11) is 0. The number of benzene rings is 2. The Balaban J connectivity index is 1.55. The van der Waals surface area contributed by atoms with E-state index in [1.54, 1.807) is 60.7 Å². The Kier molecular flexibility index (Phi) is 7.02. The van der Waals surface area contributed by atoms with Crippen molar-refractivity contribution < 1.29 is 39.6 Å². The predicted molar refractivity (Wildman–Crippen MR) is 178 cm³/mol. The molecule has 0 radical (unpaired) electrons. The van der Waals surface area contributed by atoms with E-state index in [2.05, 4.69) is 9.97 Å². The Morgan fingerprint density at radius 3 is 1.15 bits per heavy atom. The molecule has 0 fully saturated rings. The number of nitrogens with zero attached hydrogens (tertiary/aromatic N) is 2. The first-order valence-corrected chi connectivity index (χ1v) is 14.4. The lowest BCUT2D eigenvalue weighted by Gasteiger charge is -2.08. The molecule has 2 aliphatic rings. The normalized spacial score (nSPS) is 11.8. The van der Waals surface area contributed by atoms with Gasteiger partial charge < -0.3 is 30.4 Å². The van der Waals surface area contributed by atoms with E-state index in [1.807, 2.05) is 0 Å². The van der Waals surface area contributed by atoms with Gasteiger partial charge >= 0.3 is 23.9 Å². The molecule has 6 N–H and O–H groups in total. The maximum absolute atomic E-state index is 11.9. The highest BCUT2D eigenvalue weighted by Crippen LogP contribution is 2.34. The molecule has 0 amide bonds. The summed E-state index contributed by atoms with van der Waals surface area (Å²) in [4.78, 5) is 63.9. The Labute approximate surface area is 269 Å². The van der Waals surface area contributed by atoms with Gasteiger partial charge in [-0.2, -0.15) is 0 Å². The van der Waals surface area contributed by atoms with Crippen LogP contribution < -0.4 is 0 Å². The van der Waals surface area contributed by atoms with E-state index in [0.29, 0.717) is 67.1 Å². The van der Waals surface area contributed by atoms with Crippen LogP contribution in [0.2, 0.25) is 0 Å². The molecule has 0 spiro atoms. The van der Waals surface area contributed by atoms with Gasteiger partial charge in [0.1, 0.15) is 0 Å². The largest absolute Gasteiger partial charge is 0.478 e. The van der Waals surface area contributed by atoms with Crippen LogP contribution in [0, 0.1) is 0 Å². The van der Waals surface area contributed by atoms with Crippen molar-refractivity contribution in [2.24, 2.45) is 0 Å². The molecular weight excluding hydrogens is 616 g/mol. The number of carboxylic acid groups (broad SMARTS) is 4. The number of H-pyrrole nitrogens is 2. The number of rotatable bonds is 6. The first-order valence-electron chi connectivity index (χ1n) is 14.4. The first-order chi connectivity index (χ1) is 23.0. The van der Waals surface area contributed by atoms with Crippen molar-refractivity contribution in [2.75, 3.05) is 0 Å². The van der Waals surface area contributed by atoms with Crippen LogP contribution in [0.25, 0.3) is 68.6 Å². The van der Waals surface area contributed by atoms with Crippen molar-refractivity contribution in [1.82, 2.24) is 19.9 Å². The number of carboxylic acids is 4. The third-order valence-corrected chi connectivity index (χ3v) is 7.83. The summed E-state index contributed by atoms with van der Waals surface area (Å²) in [5, 5.41) is 38.9. The van der Waals surface area contributed by atoms with Crippen molar-refractivity contribution in [3.8, 4) is 22.3 Å². The van der Waals surface area contributed by atoms with E-state index >= 15 is 0 Å². The van der Waals surface area contributed by atoms with Crippen LogP contribution in [-0.2, 0) is 0 Å². The van der Waals surface area contributed by atoms with Gasteiger partial charge in [-0.05, 0) is 108 Å². The molecular formula is C36H22N4O8. The van der Waals surface area contributed by atoms with E-state index in [1.165, 1.54) is 24.3 Å². The molecule has 5 aromatic rings. The summed E-state index contributed by atoms with van der Waals surface area (Å²) in [6.07, 6.45) is 7.00. The van der Waals surface area contributed by atoms with Gasteiger partial charge in [-0.25, -0.2) is 29.1 Å². The summed E-state index contributed by atoms with van der Waals surface area (Å²) in [5.41, 5.74) is 5.20. The number of nitrogens with one attached hydrogen (secondary N) is 2. The molecule has 5 heterocycles. The summed E-state index contributed by atoms with van der Waals surface area (Å²) in [6.45, 7) is 0. The lowest BCUT2D eigenvalue weighted by molar-refractivity contribution is 0.0676. The lowest BCUT2D eigenvalue weighted by atomic mass is 9.98. The zero-order chi connectivity index (χ0) is 33.7. The standard InChI is InChI=1S/C36H22N4O8/c41-33(42)19-9-17(10-20(13-19)34(43)44)31-27-5-1-23(37-27)15-24-2-6-29(38-24)32(18-11-21(35(45)46)14-22(12-18)36(47)48)30-8-4-26(40-30)16-25-3-7-28(31)39-25/h1-16,37,40H,(H,41,42)(H,43,44)(H,45,46)(H,47,48). The van der Waals surface area contributed by atoms with Gasteiger partial charge in [-0.15, -0.1) is 0 Å². The number of aromatic carboxylic acids is 4. The fourth-order valence-corrected chi connectivity index (χ4v) is 5.72. The predicted octanol–water partition coefficient (Wildman–Crippen LogP) is 6.78. The quantitative estimate of drug-likeness (QED) is 0.112. The average Bonchev–Trinajstić information content (AvgIpc) is 3.88. The molecule has 0 atom stereocenters. The molecule has 0 saturated carbocycles. The molecule has 0 saturated heterocycles. The zero-order valence-corrected chi connectivity index (χ0v) is 24.6. The summed E-state index contributed by atoms with van der Waals surface area (Å²) in [5.74, 6) is -5.10. The zero-order valence-electron chi connectivity index (χ0n) is 24.6. The highest BCUT2D eigenvalue weighted by atomic mass is 16.4. The van der Waals surface area contributed by atoms with Crippen LogP contribution in [-0.4, -0.2) is 64.2 Å². The minimum Gasteiger partial charge on any atom is -0.478 e. The molecule has 12 nitrogen and oxygen atoms in total. The van der Waals surface area contributed by atoms with Crippen LogP contribution in [0.3, 0.4) is 0 Å². The smallest absolute Gasteiger partial charge is 0.335 e. The van der Waals surface area contributed by atoms with Crippen LogP contribution in [0.4, 0.5) is 0 Å². The summed E-state index contributed by atoms with van der Waals surface area (Å²) >= 11 is 0. The van der Waals surface area contributed by atoms with Gasteiger partial charge in [-0.1, -0.05) is 0 Å². The second-order valence-corrected chi connectivity index (χ2v) is 11.0. The van der Waals surface area contributed by atoms with E-state index in [-0.39, 0.29) is 22.3 Å². The summed E-state index contributed by atoms with van der Waals surface area (Å²) in [6, 6.07) is 18.4. The van der Waals surface area contributed by atoms with Gasteiger partial charge in [-0.3, -0.25) is 0 Å². The van der Waals surface area contributed by atoms with Crippen LogP contribution in [0.5, 0.6) is 0 Å². The second-order valence-electron chi connectivity index (χ2n) is 11.0. The molecule has 7 rings (SSSR count). The topological polar surface area (TPSA) is 207 Å². The third-order valence-electron chi connectivity index (χ3n) is 7.83. The average molecular weight is 639 g/mol. The van der Waals surface area contributed by atoms with Gasteiger partial charge in [0.05, 0.1) is 45.0 Å². The molecule has 3 aromatic heterocycles. The highest BCUT2D eigenvalue weighted by molar-refractivity contribution is 6.01. The van der Waals surface area contributed by atoms with Gasteiger partial charge in [0, 0.05) is 33.2 Å². The van der Waals surface area contributed by atoms with E-state index in [4.69, 9.17) is 9.97 Å². The fraction of sp³-hybridized carbons (Fsp3) is 0. The van der Waals surface area contributed by atoms with E-state index in [0.717, 1.165) is 12.1 Å². The number of hydrogen-bond donors (Lipinski definition) is 6. The minimum absolute atomic E-state index is 0.190. The van der Waals surface area contributed by atoms with Crippen molar-refractivity contribution in [3.63, 3.8) is 0 Å². The molecule has 12 heteroatoms. The van der Waals surface area contributed by atoms with Crippen LogP contribution in [0.1, 0.15) is 64.2 Å². The Bertz CT molecular complexity index is 2250. The van der Waals surface area contributed by atoms with Gasteiger partial charge in [0.2, 0.25) is 0 Å². The number of fused-ring (bicyclic) bond motifs is 8. The molecule has 0 aliphatic carbocycles. The maximum Gasteiger partial charge on any atom is 0.335 e. The number of aromatic amines is 2. The number of carbonyl (C=O) groups is 4. The van der Waals surface area contributed by atoms with Gasteiger partial charge in [0.25, 0.3) is 0 Å². The van der Waals surface area contributed by atoms with Crippen molar-refractivity contribution in [3.05, 3.63) is 118 Å². The van der Waals surface area contributed by atoms with Crippen molar-refractivity contribution in [1.29, 1.82) is 0 Å². The Hall–Kier alpha value is -7.08. The van der Waals surface area contributed by atoms with Crippen LogP contribution in [0.15, 0.2) is 72.8 Å². The van der Waals surface area contributed by atoms with Gasteiger partial charge in [0.15, 0.2) is 0 Å². The Morgan fingerprint density at radius 2 is 0.812 bits per heavy atom. The number of aromatic nitrogens is 4. The Morgan fingerprint density at radius 1 is 0.458 bits per heavy atom. The molecule has 0 unspecified atom stereocenters.